The van der Waals surface area contributed by atoms with Crippen LogP contribution in [-0.2, 0) is 20.0 Å². The maximum absolute atomic E-state index is 12.7. The highest BCUT2D eigenvalue weighted by Crippen LogP contribution is 2.30. The lowest BCUT2D eigenvalue weighted by Gasteiger charge is -2.18. The Morgan fingerprint density at radius 2 is 1.74 bits per heavy atom. The SMILES string of the molecule is Cc1cc(-c2ccnn3cc(-c4cnn(C)c4)cc23)ccc1Cn1ccc(CC(C)(C)C)cc1=O. The van der Waals surface area contributed by atoms with Crippen LogP contribution in [0.3, 0.4) is 0 Å². The van der Waals surface area contributed by atoms with Crippen molar-refractivity contribution in [3.05, 3.63) is 100 Å². The lowest BCUT2D eigenvalue weighted by Crippen LogP contribution is -2.21. The third-order valence-electron chi connectivity index (χ3n) is 6.34. The molecule has 0 N–H and O–H groups in total. The molecule has 6 heteroatoms. The zero-order valence-electron chi connectivity index (χ0n) is 21.0. The van der Waals surface area contributed by atoms with Crippen LogP contribution in [0.5, 0.6) is 0 Å². The molecular weight excluding hydrogens is 434 g/mol. The second-order valence-corrected chi connectivity index (χ2v) is 10.6. The van der Waals surface area contributed by atoms with Crippen LogP contribution in [0.1, 0.15) is 37.5 Å². The molecule has 0 aliphatic rings. The molecule has 0 saturated heterocycles. The van der Waals surface area contributed by atoms with E-state index in [-0.39, 0.29) is 11.0 Å². The first-order chi connectivity index (χ1) is 16.7. The topological polar surface area (TPSA) is 57.1 Å². The monoisotopic (exact) mass is 465 g/mol. The number of aromatic nitrogens is 5. The van der Waals surface area contributed by atoms with Crippen molar-refractivity contribution in [1.29, 1.82) is 0 Å². The lowest BCUT2D eigenvalue weighted by atomic mass is 9.88. The lowest BCUT2D eigenvalue weighted by molar-refractivity contribution is 0.410. The fraction of sp³-hybridized carbons (Fsp3) is 0.276. The zero-order chi connectivity index (χ0) is 24.7. The maximum Gasteiger partial charge on any atom is 0.251 e. The summed E-state index contributed by atoms with van der Waals surface area (Å²) in [7, 11) is 1.92. The molecule has 0 aliphatic carbocycles. The van der Waals surface area contributed by atoms with Crippen molar-refractivity contribution < 1.29 is 0 Å². The highest BCUT2D eigenvalue weighted by Gasteiger charge is 2.13. The highest BCUT2D eigenvalue weighted by molar-refractivity contribution is 5.84. The number of hydrogen-bond donors (Lipinski definition) is 0. The number of pyridine rings is 1. The Kier molecular flexibility index (Phi) is 5.67. The van der Waals surface area contributed by atoms with Crippen LogP contribution in [0.2, 0.25) is 0 Å². The third-order valence-corrected chi connectivity index (χ3v) is 6.34. The first-order valence-electron chi connectivity index (χ1n) is 11.9. The van der Waals surface area contributed by atoms with Crippen molar-refractivity contribution in [3.63, 3.8) is 0 Å². The van der Waals surface area contributed by atoms with Gasteiger partial charge in [-0.05, 0) is 59.2 Å². The van der Waals surface area contributed by atoms with E-state index in [4.69, 9.17) is 0 Å². The van der Waals surface area contributed by atoms with E-state index >= 15 is 0 Å². The summed E-state index contributed by atoms with van der Waals surface area (Å²) >= 11 is 0. The van der Waals surface area contributed by atoms with Gasteiger partial charge in [0.1, 0.15) is 0 Å². The fourth-order valence-electron chi connectivity index (χ4n) is 4.61. The van der Waals surface area contributed by atoms with Crippen LogP contribution in [0.15, 0.2) is 78.2 Å². The van der Waals surface area contributed by atoms with E-state index in [0.29, 0.717) is 6.54 Å². The average Bonchev–Trinajstić information content (AvgIpc) is 3.41. The third kappa shape index (κ3) is 4.83. The van der Waals surface area contributed by atoms with E-state index in [1.54, 1.807) is 15.3 Å². The fourth-order valence-corrected chi connectivity index (χ4v) is 4.61. The van der Waals surface area contributed by atoms with Crippen LogP contribution in [-0.4, -0.2) is 24.0 Å². The average molecular weight is 466 g/mol. The normalized spacial score (nSPS) is 11.9. The van der Waals surface area contributed by atoms with Gasteiger partial charge in [0.05, 0.1) is 18.3 Å². The Morgan fingerprint density at radius 1 is 0.914 bits per heavy atom. The summed E-state index contributed by atoms with van der Waals surface area (Å²) in [6.45, 7) is 9.23. The van der Waals surface area contributed by atoms with Gasteiger partial charge in [-0.3, -0.25) is 9.48 Å². The van der Waals surface area contributed by atoms with Crippen LogP contribution in [0.25, 0.3) is 27.8 Å². The molecule has 0 unspecified atom stereocenters. The van der Waals surface area contributed by atoms with Crippen molar-refractivity contribution in [2.75, 3.05) is 0 Å². The first kappa shape index (κ1) is 22.8. The molecule has 0 amide bonds. The van der Waals surface area contributed by atoms with Gasteiger partial charge in [-0.15, -0.1) is 0 Å². The number of fused-ring (bicyclic) bond motifs is 1. The summed E-state index contributed by atoms with van der Waals surface area (Å²) in [5.41, 5.74) is 9.02. The predicted molar refractivity (Wildman–Crippen MR) is 141 cm³/mol. The van der Waals surface area contributed by atoms with Gasteiger partial charge < -0.3 is 4.57 Å². The molecule has 5 rings (SSSR count). The Labute approximate surface area is 205 Å². The smallest absolute Gasteiger partial charge is 0.251 e. The summed E-state index contributed by atoms with van der Waals surface area (Å²) in [4.78, 5) is 12.7. The summed E-state index contributed by atoms with van der Waals surface area (Å²) in [5, 5.41) is 8.79. The van der Waals surface area contributed by atoms with Crippen molar-refractivity contribution in [2.24, 2.45) is 12.5 Å². The zero-order valence-corrected chi connectivity index (χ0v) is 21.0. The number of benzene rings is 1. The van der Waals surface area contributed by atoms with Crippen LogP contribution < -0.4 is 5.56 Å². The van der Waals surface area contributed by atoms with E-state index in [1.165, 1.54) is 0 Å². The molecule has 4 aromatic heterocycles. The van der Waals surface area contributed by atoms with E-state index in [1.807, 2.05) is 42.5 Å². The molecule has 35 heavy (non-hydrogen) atoms. The largest absolute Gasteiger partial charge is 0.311 e. The van der Waals surface area contributed by atoms with Crippen molar-refractivity contribution in [3.8, 4) is 22.3 Å². The highest BCUT2D eigenvalue weighted by atomic mass is 16.1. The quantitative estimate of drug-likeness (QED) is 0.344. The molecule has 5 aromatic rings. The minimum absolute atomic E-state index is 0.0437. The molecule has 0 radical (unpaired) electrons. The number of nitrogens with zero attached hydrogens (tertiary/aromatic N) is 5. The molecule has 4 heterocycles. The first-order valence-corrected chi connectivity index (χ1v) is 11.9. The van der Waals surface area contributed by atoms with Crippen molar-refractivity contribution in [2.45, 2.75) is 40.7 Å². The van der Waals surface area contributed by atoms with E-state index < -0.39 is 0 Å². The molecule has 0 atom stereocenters. The van der Waals surface area contributed by atoms with Crippen molar-refractivity contribution in [1.82, 2.24) is 24.0 Å². The van der Waals surface area contributed by atoms with Gasteiger partial charge in [-0.1, -0.05) is 39.0 Å². The molecule has 0 fully saturated rings. The molecular formula is C29H31N5O. The summed E-state index contributed by atoms with van der Waals surface area (Å²) < 4.78 is 5.50. The molecule has 178 valence electrons. The van der Waals surface area contributed by atoms with Gasteiger partial charge in [0.15, 0.2) is 0 Å². The Morgan fingerprint density at radius 3 is 2.43 bits per heavy atom. The summed E-state index contributed by atoms with van der Waals surface area (Å²) in [6, 6.07) is 14.5. The van der Waals surface area contributed by atoms with Gasteiger partial charge >= 0.3 is 0 Å². The van der Waals surface area contributed by atoms with Crippen LogP contribution >= 0.6 is 0 Å². The Hall–Kier alpha value is -3.93. The number of hydrogen-bond acceptors (Lipinski definition) is 3. The van der Waals surface area contributed by atoms with E-state index in [0.717, 1.165) is 50.9 Å². The number of rotatable bonds is 5. The standard InChI is InChI=1S/C29H31N5O/c1-20-12-22(6-7-23(20)18-33-11-9-21(13-28(33)35)15-29(2,3)4)26-8-10-30-34-19-24(14-27(26)34)25-16-31-32(5)17-25/h6-14,16-17,19H,15,18H2,1-5H3. The molecule has 0 aliphatic heterocycles. The van der Waals surface area contributed by atoms with E-state index in [2.05, 4.69) is 74.3 Å². The maximum atomic E-state index is 12.7. The van der Waals surface area contributed by atoms with E-state index in [9.17, 15) is 4.79 Å². The minimum Gasteiger partial charge on any atom is -0.311 e. The van der Waals surface area contributed by atoms with Gasteiger partial charge in [0.2, 0.25) is 0 Å². The predicted octanol–water partition coefficient (Wildman–Crippen LogP) is 5.51. The molecule has 6 nitrogen and oxygen atoms in total. The Balaban J connectivity index is 1.44. The van der Waals surface area contributed by atoms with Gasteiger partial charge in [-0.2, -0.15) is 10.2 Å². The summed E-state index contributed by atoms with van der Waals surface area (Å²) in [6.07, 6.45) is 10.5. The molecule has 1 aromatic carbocycles. The molecule has 0 saturated carbocycles. The van der Waals surface area contributed by atoms with Crippen LogP contribution in [0, 0.1) is 12.3 Å². The van der Waals surface area contributed by atoms with Gasteiger partial charge in [0.25, 0.3) is 5.56 Å². The summed E-state index contributed by atoms with van der Waals surface area (Å²) in [5.74, 6) is 0. The van der Waals surface area contributed by atoms with Gasteiger partial charge in [-0.25, -0.2) is 4.52 Å². The van der Waals surface area contributed by atoms with Crippen molar-refractivity contribution >= 4 is 5.52 Å². The Bertz CT molecular complexity index is 1580. The molecule has 0 spiro atoms. The number of aryl methyl sites for hydroxylation is 2. The van der Waals surface area contributed by atoms with Crippen LogP contribution in [0.4, 0.5) is 0 Å². The molecule has 0 bridgehead atoms. The minimum atomic E-state index is 0.0437. The van der Waals surface area contributed by atoms with Gasteiger partial charge in [0, 0.05) is 54.6 Å². The second kappa shape index (κ2) is 8.69. The second-order valence-electron chi connectivity index (χ2n) is 10.6.